The Kier molecular flexibility index (Phi) is 5.38. The quantitative estimate of drug-likeness (QED) is 0.660. The molecule has 1 saturated heterocycles. The number of nitrogens with one attached hydrogen (secondary N) is 1. The van der Waals surface area contributed by atoms with Gasteiger partial charge in [0.15, 0.2) is 5.13 Å². The van der Waals surface area contributed by atoms with Crippen molar-refractivity contribution in [2.24, 2.45) is 0 Å². The number of piperazine rings is 1. The van der Waals surface area contributed by atoms with Crippen LogP contribution in [0.3, 0.4) is 0 Å². The molecule has 0 aliphatic carbocycles. The van der Waals surface area contributed by atoms with E-state index in [-0.39, 0.29) is 5.91 Å². The van der Waals surface area contributed by atoms with Crippen LogP contribution in [-0.2, 0) is 11.3 Å². The number of hydrogen-bond donors (Lipinski definition) is 1. The van der Waals surface area contributed by atoms with Gasteiger partial charge in [-0.25, -0.2) is 9.97 Å². The van der Waals surface area contributed by atoms with E-state index in [1.165, 1.54) is 5.56 Å². The molecule has 6 nitrogen and oxygen atoms in total. The minimum Gasteiger partial charge on any atom is -0.340 e. The van der Waals surface area contributed by atoms with Crippen molar-refractivity contribution >= 4 is 54.3 Å². The number of fused-ring (bicyclic) bond motifs is 1. The highest BCUT2D eigenvalue weighted by Crippen LogP contribution is 2.30. The molecule has 140 valence electrons. The lowest BCUT2D eigenvalue weighted by atomic mass is 10.2. The third kappa shape index (κ3) is 4.45. The van der Waals surface area contributed by atoms with Crippen LogP contribution in [-0.4, -0.2) is 51.9 Å². The molecule has 0 atom stereocenters. The van der Waals surface area contributed by atoms with Gasteiger partial charge in [-0.15, -0.1) is 0 Å². The molecule has 0 radical (unpaired) electrons. The number of aromatic nitrogens is 2. The van der Waals surface area contributed by atoms with Gasteiger partial charge in [0, 0.05) is 50.3 Å². The van der Waals surface area contributed by atoms with Gasteiger partial charge in [-0.05, 0) is 35.9 Å². The van der Waals surface area contributed by atoms with Gasteiger partial charge in [0.1, 0.15) is 5.82 Å². The van der Waals surface area contributed by atoms with Gasteiger partial charge >= 0.3 is 0 Å². The Morgan fingerprint density at radius 2 is 2.04 bits per heavy atom. The van der Waals surface area contributed by atoms with Crippen molar-refractivity contribution in [3.63, 3.8) is 0 Å². The number of thiazole rings is 1. The van der Waals surface area contributed by atoms with Crippen molar-refractivity contribution in [2.75, 3.05) is 31.5 Å². The van der Waals surface area contributed by atoms with Crippen LogP contribution in [0.25, 0.3) is 10.2 Å². The molecule has 3 heterocycles. The third-order valence-corrected chi connectivity index (χ3v) is 6.06. The fraction of sp³-hybridized carbons (Fsp3) is 0.316. The molecule has 1 N–H and O–H groups in total. The molecule has 0 spiro atoms. The van der Waals surface area contributed by atoms with E-state index in [1.807, 2.05) is 29.3 Å². The molecular weight excluding hydrogens is 426 g/mol. The number of carbonyl (C=O) groups is 1. The van der Waals surface area contributed by atoms with Crippen molar-refractivity contribution in [1.29, 1.82) is 0 Å². The van der Waals surface area contributed by atoms with Gasteiger partial charge in [0.2, 0.25) is 5.91 Å². The maximum absolute atomic E-state index is 11.4. The van der Waals surface area contributed by atoms with Crippen LogP contribution < -0.4 is 5.32 Å². The fourth-order valence-electron chi connectivity index (χ4n) is 3.18. The first-order chi connectivity index (χ1) is 13.1. The second-order valence-corrected chi connectivity index (χ2v) is 8.53. The maximum atomic E-state index is 11.4. The molecule has 27 heavy (non-hydrogen) atoms. The molecule has 0 unspecified atom stereocenters. The predicted octanol–water partition coefficient (Wildman–Crippen LogP) is 3.86. The van der Waals surface area contributed by atoms with Crippen molar-refractivity contribution in [2.45, 2.75) is 13.5 Å². The summed E-state index contributed by atoms with van der Waals surface area (Å²) in [4.78, 5) is 24.8. The standard InChI is InChI=1S/C19H20BrN5OS/c1-13(26)25-8-6-24(7-9-25)12-14-4-5-21-18(10-14)23-19-22-16-3-2-15(20)11-17(16)27-19/h2-5,10-11H,6-9,12H2,1H3,(H,21,22,23). The summed E-state index contributed by atoms with van der Waals surface area (Å²) in [6.07, 6.45) is 1.83. The summed E-state index contributed by atoms with van der Waals surface area (Å²) in [5.41, 5.74) is 2.18. The molecule has 3 aromatic rings. The average molecular weight is 446 g/mol. The summed E-state index contributed by atoms with van der Waals surface area (Å²) in [7, 11) is 0. The second kappa shape index (κ2) is 7.92. The number of halogens is 1. The van der Waals surface area contributed by atoms with Crippen molar-refractivity contribution < 1.29 is 4.79 Å². The molecule has 0 bridgehead atoms. The third-order valence-electron chi connectivity index (χ3n) is 4.63. The average Bonchev–Trinajstić information content (AvgIpc) is 3.03. The van der Waals surface area contributed by atoms with Gasteiger partial charge in [-0.2, -0.15) is 0 Å². The molecule has 1 amide bonds. The van der Waals surface area contributed by atoms with Gasteiger partial charge < -0.3 is 10.2 Å². The minimum atomic E-state index is 0.160. The summed E-state index contributed by atoms with van der Waals surface area (Å²) in [6, 6.07) is 10.2. The van der Waals surface area contributed by atoms with E-state index >= 15 is 0 Å². The first kappa shape index (κ1) is 18.3. The Hall–Kier alpha value is -2.03. The summed E-state index contributed by atoms with van der Waals surface area (Å²) in [5.74, 6) is 0.959. The fourth-order valence-corrected chi connectivity index (χ4v) is 4.61. The van der Waals surface area contributed by atoms with Gasteiger partial charge in [-0.3, -0.25) is 9.69 Å². The first-order valence-corrected chi connectivity index (χ1v) is 10.4. The Balaban J connectivity index is 1.42. The van der Waals surface area contributed by atoms with Crippen molar-refractivity contribution in [3.8, 4) is 0 Å². The number of carbonyl (C=O) groups excluding carboxylic acids is 1. The van der Waals surface area contributed by atoms with Crippen LogP contribution >= 0.6 is 27.3 Å². The zero-order valence-corrected chi connectivity index (χ0v) is 17.4. The van der Waals surface area contributed by atoms with E-state index < -0.39 is 0 Å². The zero-order valence-electron chi connectivity index (χ0n) is 15.0. The lowest BCUT2D eigenvalue weighted by Gasteiger charge is -2.34. The maximum Gasteiger partial charge on any atom is 0.219 e. The zero-order chi connectivity index (χ0) is 18.8. The number of rotatable bonds is 4. The van der Waals surface area contributed by atoms with Crippen molar-refractivity contribution in [3.05, 3.63) is 46.6 Å². The number of nitrogens with zero attached hydrogens (tertiary/aromatic N) is 4. The van der Waals surface area contributed by atoms with Crippen LogP contribution in [0.4, 0.5) is 10.9 Å². The van der Waals surface area contributed by atoms with Crippen LogP contribution in [0.2, 0.25) is 0 Å². The summed E-state index contributed by atoms with van der Waals surface area (Å²) >= 11 is 5.11. The number of pyridine rings is 1. The van der Waals surface area contributed by atoms with E-state index in [0.29, 0.717) is 0 Å². The van der Waals surface area contributed by atoms with E-state index in [0.717, 1.165) is 58.4 Å². The van der Waals surface area contributed by atoms with Gasteiger partial charge in [0.05, 0.1) is 10.2 Å². The smallest absolute Gasteiger partial charge is 0.219 e. The summed E-state index contributed by atoms with van der Waals surface area (Å²) in [6.45, 7) is 5.89. The molecule has 4 rings (SSSR count). The predicted molar refractivity (Wildman–Crippen MR) is 112 cm³/mol. The molecule has 1 aromatic carbocycles. The lowest BCUT2D eigenvalue weighted by molar-refractivity contribution is -0.130. The summed E-state index contributed by atoms with van der Waals surface area (Å²) < 4.78 is 2.18. The largest absolute Gasteiger partial charge is 0.340 e. The Labute approximate surface area is 170 Å². The second-order valence-electron chi connectivity index (χ2n) is 6.59. The highest BCUT2D eigenvalue weighted by molar-refractivity contribution is 9.10. The Bertz CT molecular complexity index is 968. The summed E-state index contributed by atoms with van der Waals surface area (Å²) in [5, 5.41) is 4.16. The molecule has 1 aliphatic rings. The molecular formula is C19H20BrN5OS. The monoisotopic (exact) mass is 445 g/mol. The minimum absolute atomic E-state index is 0.160. The first-order valence-electron chi connectivity index (χ1n) is 8.83. The SMILES string of the molecule is CC(=O)N1CCN(Cc2ccnc(Nc3nc4ccc(Br)cc4s3)c2)CC1. The molecule has 1 aliphatic heterocycles. The Morgan fingerprint density at radius 1 is 1.22 bits per heavy atom. The van der Waals surface area contributed by atoms with Crippen molar-refractivity contribution in [1.82, 2.24) is 19.8 Å². The lowest BCUT2D eigenvalue weighted by Crippen LogP contribution is -2.47. The Morgan fingerprint density at radius 3 is 2.81 bits per heavy atom. The number of benzene rings is 1. The van der Waals surface area contributed by atoms with Gasteiger partial charge in [0.25, 0.3) is 0 Å². The topological polar surface area (TPSA) is 61.4 Å². The van der Waals surface area contributed by atoms with E-state index in [2.05, 4.69) is 48.2 Å². The molecule has 1 fully saturated rings. The van der Waals surface area contributed by atoms with Crippen LogP contribution in [0.5, 0.6) is 0 Å². The normalized spacial score (nSPS) is 15.3. The van der Waals surface area contributed by atoms with E-state index in [4.69, 9.17) is 0 Å². The highest BCUT2D eigenvalue weighted by atomic mass is 79.9. The molecule has 0 saturated carbocycles. The van der Waals surface area contributed by atoms with Crippen LogP contribution in [0, 0.1) is 0 Å². The highest BCUT2D eigenvalue weighted by Gasteiger charge is 2.18. The number of amides is 1. The van der Waals surface area contributed by atoms with Gasteiger partial charge in [-0.1, -0.05) is 27.3 Å². The number of anilines is 2. The van der Waals surface area contributed by atoms with Crippen LogP contribution in [0.1, 0.15) is 12.5 Å². The number of hydrogen-bond acceptors (Lipinski definition) is 6. The molecule has 8 heteroatoms. The van der Waals surface area contributed by atoms with E-state index in [1.54, 1.807) is 18.3 Å². The van der Waals surface area contributed by atoms with Crippen LogP contribution in [0.15, 0.2) is 41.0 Å². The molecule has 2 aromatic heterocycles. The van der Waals surface area contributed by atoms with E-state index in [9.17, 15) is 4.79 Å².